The van der Waals surface area contributed by atoms with Gasteiger partial charge in [0.05, 0.1) is 6.54 Å². The Labute approximate surface area is 119 Å². The molecule has 0 aromatic heterocycles. The van der Waals surface area contributed by atoms with Crippen LogP contribution in [0.4, 0.5) is 4.39 Å². The first-order valence-corrected chi connectivity index (χ1v) is 7.76. The number of thioether (sulfide) groups is 1. The molecule has 19 heavy (non-hydrogen) atoms. The Morgan fingerprint density at radius 1 is 1.21 bits per heavy atom. The summed E-state index contributed by atoms with van der Waals surface area (Å²) in [4.78, 5) is 4.44. The van der Waals surface area contributed by atoms with Gasteiger partial charge in [-0.05, 0) is 25.5 Å². The molecule has 0 bridgehead atoms. The highest BCUT2D eigenvalue weighted by Crippen LogP contribution is 2.14. The summed E-state index contributed by atoms with van der Waals surface area (Å²) in [5, 5.41) is 6.34. The van der Waals surface area contributed by atoms with Crippen LogP contribution in [-0.4, -0.2) is 31.3 Å². The van der Waals surface area contributed by atoms with E-state index < -0.39 is 0 Å². The lowest BCUT2D eigenvalue weighted by atomic mass is 10.2. The Kier molecular flexibility index (Phi) is 8.05. The molecular formula is C14H22FN3S. The molecule has 1 aromatic rings. The molecule has 0 saturated carbocycles. The van der Waals surface area contributed by atoms with E-state index >= 15 is 0 Å². The van der Waals surface area contributed by atoms with Crippen molar-refractivity contribution in [2.75, 3.05) is 25.4 Å². The van der Waals surface area contributed by atoms with Crippen molar-refractivity contribution in [3.63, 3.8) is 0 Å². The molecule has 0 unspecified atom stereocenters. The van der Waals surface area contributed by atoms with Gasteiger partial charge in [-0.15, -0.1) is 0 Å². The van der Waals surface area contributed by atoms with Crippen molar-refractivity contribution in [1.29, 1.82) is 0 Å². The smallest absolute Gasteiger partial charge is 0.191 e. The summed E-state index contributed by atoms with van der Waals surface area (Å²) >= 11 is 1.70. The normalized spacial score (nSPS) is 10.1. The van der Waals surface area contributed by atoms with Crippen molar-refractivity contribution in [2.45, 2.75) is 19.6 Å². The summed E-state index contributed by atoms with van der Waals surface area (Å²) in [5.74, 6) is 2.30. The molecule has 1 rings (SSSR count). The van der Waals surface area contributed by atoms with Crippen molar-refractivity contribution < 1.29 is 4.39 Å². The fraction of sp³-hybridized carbons (Fsp3) is 0.500. The van der Waals surface area contributed by atoms with Crippen LogP contribution in [0, 0.1) is 5.82 Å². The van der Waals surface area contributed by atoms with Crippen molar-refractivity contribution >= 4 is 17.7 Å². The minimum Gasteiger partial charge on any atom is -0.357 e. The van der Waals surface area contributed by atoms with Crippen LogP contribution in [0.5, 0.6) is 0 Å². The quantitative estimate of drug-likeness (QED) is 0.459. The predicted octanol–water partition coefficient (Wildman–Crippen LogP) is 2.63. The minimum atomic E-state index is -0.125. The van der Waals surface area contributed by atoms with Crippen LogP contribution < -0.4 is 10.6 Å². The Hall–Kier alpha value is -1.23. The van der Waals surface area contributed by atoms with Gasteiger partial charge < -0.3 is 10.6 Å². The Balaban J connectivity index is 2.26. The van der Waals surface area contributed by atoms with Crippen LogP contribution in [0.1, 0.15) is 19.4 Å². The molecule has 1 aromatic carbocycles. The molecule has 0 aliphatic rings. The van der Waals surface area contributed by atoms with E-state index in [0.717, 1.165) is 36.9 Å². The maximum atomic E-state index is 13.4. The molecule has 2 N–H and O–H groups in total. The molecule has 0 radical (unpaired) electrons. The van der Waals surface area contributed by atoms with E-state index in [-0.39, 0.29) is 5.82 Å². The fourth-order valence-electron chi connectivity index (χ4n) is 1.53. The number of nitrogens with zero attached hydrogens (tertiary/aromatic N) is 1. The maximum Gasteiger partial charge on any atom is 0.191 e. The standard InChI is InChI=1S/C14H22FN3S/c1-3-16-14(17-4-2)18-9-10-19-11-12-7-5-6-8-13(12)15/h5-8H,3-4,9-11H2,1-2H3,(H2,16,17,18). The van der Waals surface area contributed by atoms with Crippen molar-refractivity contribution in [3.8, 4) is 0 Å². The molecule has 0 spiro atoms. The first kappa shape index (κ1) is 15.8. The van der Waals surface area contributed by atoms with E-state index in [4.69, 9.17) is 0 Å². The number of guanidine groups is 1. The number of rotatable bonds is 7. The fourth-order valence-corrected chi connectivity index (χ4v) is 2.35. The first-order valence-electron chi connectivity index (χ1n) is 6.61. The molecule has 0 amide bonds. The SMILES string of the molecule is CCNC(=NCCSCc1ccccc1F)NCC. The minimum absolute atomic E-state index is 0.125. The molecule has 0 fully saturated rings. The topological polar surface area (TPSA) is 36.4 Å². The van der Waals surface area contributed by atoms with E-state index in [1.54, 1.807) is 17.8 Å². The Morgan fingerprint density at radius 2 is 1.89 bits per heavy atom. The van der Waals surface area contributed by atoms with Crippen LogP contribution in [0.2, 0.25) is 0 Å². The van der Waals surface area contributed by atoms with Crippen LogP contribution in [0.3, 0.4) is 0 Å². The lowest BCUT2D eigenvalue weighted by Crippen LogP contribution is -2.37. The maximum absolute atomic E-state index is 13.4. The number of hydrogen-bond donors (Lipinski definition) is 2. The van der Waals surface area contributed by atoms with E-state index in [0.29, 0.717) is 5.75 Å². The number of halogens is 1. The summed E-state index contributed by atoms with van der Waals surface area (Å²) in [6, 6.07) is 6.91. The van der Waals surface area contributed by atoms with E-state index in [2.05, 4.69) is 15.6 Å². The van der Waals surface area contributed by atoms with Crippen LogP contribution in [0.15, 0.2) is 29.3 Å². The highest BCUT2D eigenvalue weighted by atomic mass is 32.2. The zero-order valence-electron chi connectivity index (χ0n) is 11.6. The van der Waals surface area contributed by atoms with Crippen molar-refractivity contribution in [2.24, 2.45) is 4.99 Å². The summed E-state index contributed by atoms with van der Waals surface area (Å²) in [6.45, 7) is 6.52. The Bertz CT molecular complexity index is 388. The van der Waals surface area contributed by atoms with Gasteiger partial charge in [-0.25, -0.2) is 4.39 Å². The summed E-state index contributed by atoms with van der Waals surface area (Å²) in [7, 11) is 0. The largest absolute Gasteiger partial charge is 0.357 e. The number of benzene rings is 1. The van der Waals surface area contributed by atoms with Gasteiger partial charge in [-0.1, -0.05) is 18.2 Å². The average molecular weight is 283 g/mol. The molecule has 0 heterocycles. The number of hydrogen-bond acceptors (Lipinski definition) is 2. The molecule has 106 valence electrons. The predicted molar refractivity (Wildman–Crippen MR) is 82.2 cm³/mol. The van der Waals surface area contributed by atoms with Gasteiger partial charge in [0, 0.05) is 24.6 Å². The molecule has 0 aliphatic heterocycles. The third-order valence-electron chi connectivity index (χ3n) is 2.41. The molecular weight excluding hydrogens is 261 g/mol. The summed E-state index contributed by atoms with van der Waals surface area (Å²) in [6.07, 6.45) is 0. The van der Waals surface area contributed by atoms with Gasteiger partial charge in [0.15, 0.2) is 5.96 Å². The zero-order valence-corrected chi connectivity index (χ0v) is 12.4. The second-order valence-electron chi connectivity index (χ2n) is 3.93. The summed E-state index contributed by atoms with van der Waals surface area (Å²) < 4.78 is 13.4. The van der Waals surface area contributed by atoms with Gasteiger partial charge >= 0.3 is 0 Å². The lowest BCUT2D eigenvalue weighted by Gasteiger charge is -2.08. The van der Waals surface area contributed by atoms with Crippen molar-refractivity contribution in [3.05, 3.63) is 35.6 Å². The average Bonchev–Trinajstić information content (AvgIpc) is 2.41. The highest BCUT2D eigenvalue weighted by molar-refractivity contribution is 7.98. The molecule has 5 heteroatoms. The van der Waals surface area contributed by atoms with E-state index in [1.165, 1.54) is 6.07 Å². The lowest BCUT2D eigenvalue weighted by molar-refractivity contribution is 0.617. The number of nitrogens with one attached hydrogen (secondary N) is 2. The molecule has 0 aliphatic carbocycles. The van der Waals surface area contributed by atoms with Gasteiger partial charge in [-0.2, -0.15) is 11.8 Å². The van der Waals surface area contributed by atoms with Gasteiger partial charge in [0.2, 0.25) is 0 Å². The van der Waals surface area contributed by atoms with Crippen LogP contribution >= 0.6 is 11.8 Å². The third kappa shape index (κ3) is 6.47. The number of aliphatic imine (C=N–C) groups is 1. The monoisotopic (exact) mass is 283 g/mol. The molecule has 0 atom stereocenters. The van der Waals surface area contributed by atoms with Gasteiger partial charge in [-0.3, -0.25) is 4.99 Å². The molecule has 3 nitrogen and oxygen atoms in total. The van der Waals surface area contributed by atoms with Crippen LogP contribution in [0.25, 0.3) is 0 Å². The van der Waals surface area contributed by atoms with Gasteiger partial charge in [0.25, 0.3) is 0 Å². The second kappa shape index (κ2) is 9.67. The zero-order chi connectivity index (χ0) is 13.9. The third-order valence-corrected chi connectivity index (χ3v) is 3.40. The Morgan fingerprint density at radius 3 is 2.53 bits per heavy atom. The van der Waals surface area contributed by atoms with E-state index in [9.17, 15) is 4.39 Å². The summed E-state index contributed by atoms with van der Waals surface area (Å²) in [5.41, 5.74) is 0.759. The van der Waals surface area contributed by atoms with Gasteiger partial charge in [0.1, 0.15) is 5.82 Å². The second-order valence-corrected chi connectivity index (χ2v) is 5.04. The molecule has 0 saturated heterocycles. The first-order chi connectivity index (χ1) is 9.27. The van der Waals surface area contributed by atoms with Crippen molar-refractivity contribution in [1.82, 2.24) is 10.6 Å². The highest BCUT2D eigenvalue weighted by Gasteiger charge is 2.00. The van der Waals surface area contributed by atoms with Crippen LogP contribution in [-0.2, 0) is 5.75 Å². The van der Waals surface area contributed by atoms with E-state index in [1.807, 2.05) is 26.0 Å².